The van der Waals surface area contributed by atoms with Crippen molar-refractivity contribution in [1.29, 1.82) is 0 Å². The van der Waals surface area contributed by atoms with Gasteiger partial charge in [0.2, 0.25) is 0 Å². The molecule has 1 aromatic carbocycles. The summed E-state index contributed by atoms with van der Waals surface area (Å²) in [4.78, 5) is 0. The Hall–Kier alpha value is -1.31. The highest BCUT2D eigenvalue weighted by Crippen LogP contribution is 2.21. The van der Waals surface area contributed by atoms with Gasteiger partial charge in [0, 0.05) is 5.39 Å². The molecule has 0 unspecified atom stereocenters. The van der Waals surface area contributed by atoms with Gasteiger partial charge in [0.05, 0.1) is 11.7 Å². The minimum Gasteiger partial charge on any atom is -0.278 e. The van der Waals surface area contributed by atoms with Gasteiger partial charge in [-0.1, -0.05) is 32.8 Å². The zero-order valence-electron chi connectivity index (χ0n) is 9.51. The van der Waals surface area contributed by atoms with Gasteiger partial charge in [-0.15, -0.1) is 0 Å². The number of benzene rings is 1. The topological polar surface area (TPSA) is 28.7 Å². The van der Waals surface area contributed by atoms with E-state index in [1.54, 1.807) is 0 Å². The number of nitrogens with zero attached hydrogens (tertiary/aromatic N) is 1. The normalized spacial score (nSPS) is 11.1. The molecule has 0 aliphatic heterocycles. The van der Waals surface area contributed by atoms with Crippen LogP contribution in [0.1, 0.15) is 37.8 Å². The lowest BCUT2D eigenvalue weighted by molar-refractivity contribution is 0.899. The number of hydrogen-bond donors (Lipinski definition) is 1. The Morgan fingerprint density at radius 2 is 1.93 bits per heavy atom. The van der Waals surface area contributed by atoms with Gasteiger partial charge >= 0.3 is 0 Å². The third-order valence-corrected chi connectivity index (χ3v) is 2.75. The Labute approximate surface area is 90.7 Å². The molecular weight excluding hydrogens is 184 g/mol. The van der Waals surface area contributed by atoms with Crippen LogP contribution >= 0.6 is 0 Å². The summed E-state index contributed by atoms with van der Waals surface area (Å²) in [6, 6.07) is 4.58. The molecule has 0 spiro atoms. The number of hydrogen-bond acceptors (Lipinski definition) is 1. The molecule has 2 rings (SSSR count). The van der Waals surface area contributed by atoms with E-state index in [1.165, 1.54) is 34.9 Å². The van der Waals surface area contributed by atoms with E-state index in [-0.39, 0.29) is 0 Å². The van der Waals surface area contributed by atoms with Crippen LogP contribution in [0.5, 0.6) is 0 Å². The van der Waals surface area contributed by atoms with E-state index in [0.29, 0.717) is 0 Å². The Bertz CT molecular complexity index is 443. The number of nitrogens with one attached hydrogen (secondary N) is 1. The first-order valence-corrected chi connectivity index (χ1v) is 5.80. The average molecular weight is 202 g/mol. The molecule has 80 valence electrons. The van der Waals surface area contributed by atoms with Gasteiger partial charge in [0.15, 0.2) is 0 Å². The fourth-order valence-corrected chi connectivity index (χ4v) is 2.10. The summed E-state index contributed by atoms with van der Waals surface area (Å²) < 4.78 is 0. The molecule has 0 radical (unpaired) electrons. The van der Waals surface area contributed by atoms with E-state index in [0.717, 1.165) is 12.8 Å². The summed E-state index contributed by atoms with van der Waals surface area (Å²) in [5.41, 5.74) is 4.07. The first-order chi connectivity index (χ1) is 7.35. The lowest BCUT2D eigenvalue weighted by atomic mass is 10.0. The molecule has 0 aliphatic carbocycles. The third kappa shape index (κ3) is 2.04. The average Bonchev–Trinajstić information content (AvgIpc) is 2.67. The van der Waals surface area contributed by atoms with Crippen LogP contribution < -0.4 is 0 Å². The second-order valence-electron chi connectivity index (χ2n) is 4.09. The molecule has 0 atom stereocenters. The molecule has 1 heterocycles. The van der Waals surface area contributed by atoms with Crippen molar-refractivity contribution >= 4 is 10.9 Å². The molecule has 15 heavy (non-hydrogen) atoms. The van der Waals surface area contributed by atoms with Gasteiger partial charge in [0.25, 0.3) is 0 Å². The SMILES string of the molecule is CCCc1cc(CCC)c2[nH]ncc2c1. The van der Waals surface area contributed by atoms with Crippen LogP contribution in [-0.4, -0.2) is 10.2 Å². The number of rotatable bonds is 4. The van der Waals surface area contributed by atoms with Gasteiger partial charge in [-0.3, -0.25) is 5.10 Å². The Kier molecular flexibility index (Phi) is 3.05. The van der Waals surface area contributed by atoms with E-state index in [1.807, 2.05) is 6.20 Å². The van der Waals surface area contributed by atoms with Crippen LogP contribution in [0.25, 0.3) is 10.9 Å². The summed E-state index contributed by atoms with van der Waals surface area (Å²) in [5.74, 6) is 0. The third-order valence-electron chi connectivity index (χ3n) is 2.75. The number of H-pyrrole nitrogens is 1. The van der Waals surface area contributed by atoms with Crippen molar-refractivity contribution in [2.24, 2.45) is 0 Å². The van der Waals surface area contributed by atoms with Crippen LogP contribution in [-0.2, 0) is 12.8 Å². The predicted octanol–water partition coefficient (Wildman–Crippen LogP) is 3.47. The number of fused-ring (bicyclic) bond motifs is 1. The lowest BCUT2D eigenvalue weighted by Gasteiger charge is -2.05. The van der Waals surface area contributed by atoms with Crippen molar-refractivity contribution in [3.63, 3.8) is 0 Å². The number of aryl methyl sites for hydroxylation is 2. The van der Waals surface area contributed by atoms with E-state index in [2.05, 4.69) is 36.2 Å². The summed E-state index contributed by atoms with van der Waals surface area (Å²) in [5, 5.41) is 8.47. The van der Waals surface area contributed by atoms with E-state index in [9.17, 15) is 0 Å². The fourth-order valence-electron chi connectivity index (χ4n) is 2.10. The fraction of sp³-hybridized carbons (Fsp3) is 0.462. The van der Waals surface area contributed by atoms with E-state index in [4.69, 9.17) is 0 Å². The highest BCUT2D eigenvalue weighted by atomic mass is 15.1. The molecule has 0 saturated carbocycles. The molecule has 0 saturated heterocycles. The largest absolute Gasteiger partial charge is 0.278 e. The van der Waals surface area contributed by atoms with Gasteiger partial charge in [-0.25, -0.2) is 0 Å². The zero-order chi connectivity index (χ0) is 10.7. The molecule has 2 aromatic rings. The summed E-state index contributed by atoms with van der Waals surface area (Å²) in [7, 11) is 0. The van der Waals surface area contributed by atoms with Crippen LogP contribution in [0.4, 0.5) is 0 Å². The molecule has 0 aliphatic rings. The van der Waals surface area contributed by atoms with Crippen LogP contribution in [0.15, 0.2) is 18.3 Å². The predicted molar refractivity (Wildman–Crippen MR) is 64.1 cm³/mol. The van der Waals surface area contributed by atoms with Crippen molar-refractivity contribution in [3.8, 4) is 0 Å². The van der Waals surface area contributed by atoms with Gasteiger partial charge in [0.1, 0.15) is 0 Å². The highest BCUT2D eigenvalue weighted by Gasteiger charge is 2.04. The molecule has 2 nitrogen and oxygen atoms in total. The Morgan fingerprint density at radius 1 is 1.13 bits per heavy atom. The molecule has 2 heteroatoms. The van der Waals surface area contributed by atoms with Gasteiger partial charge in [-0.2, -0.15) is 5.10 Å². The monoisotopic (exact) mass is 202 g/mol. The summed E-state index contributed by atoms with van der Waals surface area (Å²) >= 11 is 0. The summed E-state index contributed by atoms with van der Waals surface area (Å²) in [6.07, 6.45) is 6.61. The van der Waals surface area contributed by atoms with Crippen molar-refractivity contribution < 1.29 is 0 Å². The van der Waals surface area contributed by atoms with Crippen molar-refractivity contribution in [1.82, 2.24) is 10.2 Å². The minimum atomic E-state index is 1.14. The second-order valence-corrected chi connectivity index (χ2v) is 4.09. The summed E-state index contributed by atoms with van der Waals surface area (Å²) in [6.45, 7) is 4.44. The quantitative estimate of drug-likeness (QED) is 0.808. The smallest absolute Gasteiger partial charge is 0.0682 e. The maximum Gasteiger partial charge on any atom is 0.0682 e. The number of aromatic amines is 1. The molecule has 0 bridgehead atoms. The van der Waals surface area contributed by atoms with Crippen LogP contribution in [0.3, 0.4) is 0 Å². The zero-order valence-corrected chi connectivity index (χ0v) is 9.51. The van der Waals surface area contributed by atoms with E-state index < -0.39 is 0 Å². The Morgan fingerprint density at radius 3 is 2.67 bits per heavy atom. The highest BCUT2D eigenvalue weighted by molar-refractivity contribution is 5.82. The standard InChI is InChI=1S/C13H18N2/c1-3-5-10-7-11(6-4-2)13-12(8-10)9-14-15-13/h7-9H,3-6H2,1-2H3,(H,14,15). The maximum atomic E-state index is 4.12. The number of aromatic nitrogens is 2. The van der Waals surface area contributed by atoms with Crippen molar-refractivity contribution in [2.45, 2.75) is 39.5 Å². The van der Waals surface area contributed by atoms with Gasteiger partial charge < -0.3 is 0 Å². The first-order valence-electron chi connectivity index (χ1n) is 5.80. The van der Waals surface area contributed by atoms with Gasteiger partial charge in [-0.05, 0) is 30.0 Å². The first kappa shape index (κ1) is 10.2. The molecular formula is C13H18N2. The Balaban J connectivity index is 2.48. The second kappa shape index (κ2) is 4.47. The van der Waals surface area contributed by atoms with E-state index >= 15 is 0 Å². The van der Waals surface area contributed by atoms with Crippen LogP contribution in [0, 0.1) is 0 Å². The molecule has 1 aromatic heterocycles. The lowest BCUT2D eigenvalue weighted by Crippen LogP contribution is -1.90. The molecule has 0 amide bonds. The molecule has 0 fully saturated rings. The van der Waals surface area contributed by atoms with Crippen LogP contribution in [0.2, 0.25) is 0 Å². The minimum absolute atomic E-state index is 1.14. The van der Waals surface area contributed by atoms with Crippen molar-refractivity contribution in [3.05, 3.63) is 29.5 Å². The van der Waals surface area contributed by atoms with Crippen molar-refractivity contribution in [2.75, 3.05) is 0 Å². The molecule has 1 N–H and O–H groups in total. The maximum absolute atomic E-state index is 4.12.